The van der Waals surface area contributed by atoms with Crippen LogP contribution in [0.3, 0.4) is 0 Å². The molecule has 5 rings (SSSR count). The predicted molar refractivity (Wildman–Crippen MR) is 103 cm³/mol. The van der Waals surface area contributed by atoms with Crippen molar-refractivity contribution < 1.29 is 9.50 Å². The number of aromatic hydroxyl groups is 1. The molecule has 7 nitrogen and oxygen atoms in total. The summed E-state index contributed by atoms with van der Waals surface area (Å²) >= 11 is 0. The van der Waals surface area contributed by atoms with Gasteiger partial charge in [0.2, 0.25) is 0 Å². The molecular weight excluding hydrogens is 359 g/mol. The van der Waals surface area contributed by atoms with E-state index < -0.39 is 6.17 Å². The second-order valence-electron chi connectivity index (χ2n) is 7.49. The number of fused-ring (bicyclic) bond motifs is 2. The van der Waals surface area contributed by atoms with Gasteiger partial charge in [-0.25, -0.2) is 9.07 Å². The predicted octanol–water partition coefficient (Wildman–Crippen LogP) is 2.17. The molecule has 2 N–H and O–H groups in total. The van der Waals surface area contributed by atoms with Gasteiger partial charge in [-0.05, 0) is 42.7 Å². The van der Waals surface area contributed by atoms with Crippen molar-refractivity contribution in [3.63, 3.8) is 0 Å². The summed E-state index contributed by atoms with van der Waals surface area (Å²) in [7, 11) is 1.87. The molecule has 2 bridgehead atoms. The Bertz CT molecular complexity index is 975. The number of nitrogens with one attached hydrogen (secondary N) is 1. The minimum absolute atomic E-state index is 0.0464. The molecule has 8 heteroatoms. The molecule has 1 saturated heterocycles. The molecule has 4 atom stereocenters. The molecule has 1 aliphatic carbocycles. The molecule has 3 aromatic rings. The Balaban J connectivity index is 1.38. The highest BCUT2D eigenvalue weighted by Gasteiger charge is 2.50. The summed E-state index contributed by atoms with van der Waals surface area (Å²) in [6.07, 6.45) is 3.46. The zero-order chi connectivity index (χ0) is 19.3. The number of phenols is 1. The quantitative estimate of drug-likeness (QED) is 0.722. The summed E-state index contributed by atoms with van der Waals surface area (Å²) in [5, 5.41) is 26.4. The Morgan fingerprint density at radius 3 is 2.79 bits per heavy atom. The number of halogens is 1. The van der Waals surface area contributed by atoms with Gasteiger partial charge in [-0.3, -0.25) is 0 Å². The molecule has 1 saturated carbocycles. The van der Waals surface area contributed by atoms with Crippen LogP contribution < -0.4 is 10.2 Å². The lowest BCUT2D eigenvalue weighted by Gasteiger charge is -2.34. The Morgan fingerprint density at radius 1 is 1.25 bits per heavy atom. The van der Waals surface area contributed by atoms with Gasteiger partial charge in [0.05, 0.1) is 17.4 Å². The van der Waals surface area contributed by atoms with Crippen LogP contribution in [0.4, 0.5) is 10.2 Å². The van der Waals surface area contributed by atoms with Gasteiger partial charge < -0.3 is 15.3 Å². The molecule has 1 aliphatic heterocycles. The molecule has 144 valence electrons. The molecule has 2 aliphatic rings. The van der Waals surface area contributed by atoms with Crippen LogP contribution in [0.2, 0.25) is 0 Å². The molecular formula is C20H21FN6O. The van der Waals surface area contributed by atoms with Crippen LogP contribution in [0.25, 0.3) is 16.9 Å². The van der Waals surface area contributed by atoms with Crippen molar-refractivity contribution in [2.45, 2.75) is 24.7 Å². The van der Waals surface area contributed by atoms with Crippen LogP contribution in [-0.2, 0) is 0 Å². The zero-order valence-corrected chi connectivity index (χ0v) is 15.4. The summed E-state index contributed by atoms with van der Waals surface area (Å²) < 4.78 is 16.2. The van der Waals surface area contributed by atoms with Crippen molar-refractivity contribution >= 4 is 5.82 Å². The second-order valence-corrected chi connectivity index (χ2v) is 7.49. The molecule has 0 amide bonds. The fraction of sp³-hybridized carbons (Fsp3) is 0.350. The van der Waals surface area contributed by atoms with E-state index in [0.717, 1.165) is 18.7 Å². The topological polar surface area (TPSA) is 79.1 Å². The van der Waals surface area contributed by atoms with E-state index in [0.29, 0.717) is 23.0 Å². The number of hydrogen-bond donors (Lipinski definition) is 2. The van der Waals surface area contributed by atoms with E-state index in [1.165, 1.54) is 0 Å². The maximum atomic E-state index is 14.6. The monoisotopic (exact) mass is 380 g/mol. The molecule has 0 spiro atoms. The Morgan fingerprint density at radius 2 is 2.14 bits per heavy atom. The normalized spacial score (nSPS) is 25.9. The van der Waals surface area contributed by atoms with Crippen molar-refractivity contribution in [2.75, 3.05) is 18.5 Å². The average molecular weight is 380 g/mol. The molecule has 2 fully saturated rings. The van der Waals surface area contributed by atoms with Crippen LogP contribution in [0.15, 0.2) is 48.8 Å². The number of phenolic OH excluding ortho intramolecular Hbond substituents is 1. The molecule has 3 heterocycles. The summed E-state index contributed by atoms with van der Waals surface area (Å²) in [5.41, 5.74) is 1.91. The van der Waals surface area contributed by atoms with E-state index >= 15 is 0 Å². The van der Waals surface area contributed by atoms with Crippen LogP contribution in [0, 0.1) is 5.92 Å². The average Bonchev–Trinajstić information content (AvgIpc) is 3.45. The number of alkyl halides is 1. The first-order valence-electron chi connectivity index (χ1n) is 9.39. The standard InChI is InChI=1S/C20H21FN6O/c1-26(20-12-9-16(19(20)21)22-11-12)18-6-5-15(24-25-18)14-4-3-13(10-17(14)28)27-8-2-7-23-27/h2-8,10,12,16,19-20,22,28H,9,11H2,1H3/t12?,16?,19-,20+/m1/s1. The second kappa shape index (κ2) is 6.56. The van der Waals surface area contributed by atoms with E-state index in [4.69, 9.17) is 0 Å². The highest BCUT2D eigenvalue weighted by Crippen LogP contribution is 2.38. The molecule has 28 heavy (non-hydrogen) atoms. The van der Waals surface area contributed by atoms with Crippen molar-refractivity contribution in [1.82, 2.24) is 25.3 Å². The number of piperidine rings is 1. The molecule has 0 radical (unpaired) electrons. The number of nitrogens with zero attached hydrogens (tertiary/aromatic N) is 5. The van der Waals surface area contributed by atoms with Gasteiger partial charge in [0, 0.05) is 43.7 Å². The lowest BCUT2D eigenvalue weighted by molar-refractivity contribution is 0.220. The molecule has 2 unspecified atom stereocenters. The first-order valence-corrected chi connectivity index (χ1v) is 9.39. The summed E-state index contributed by atoms with van der Waals surface area (Å²) in [5.74, 6) is 1.04. The largest absolute Gasteiger partial charge is 0.507 e. The third-order valence-electron chi connectivity index (χ3n) is 5.88. The molecule has 1 aromatic carbocycles. The summed E-state index contributed by atoms with van der Waals surface area (Å²) in [6, 6.07) is 10.5. The number of anilines is 1. The Kier molecular flexibility index (Phi) is 4.01. The van der Waals surface area contributed by atoms with Crippen molar-refractivity contribution in [3.05, 3.63) is 48.8 Å². The summed E-state index contributed by atoms with van der Waals surface area (Å²) in [4.78, 5) is 1.90. The van der Waals surface area contributed by atoms with E-state index in [2.05, 4.69) is 20.6 Å². The third-order valence-corrected chi connectivity index (χ3v) is 5.88. The minimum Gasteiger partial charge on any atom is -0.507 e. The first kappa shape index (κ1) is 17.1. The maximum Gasteiger partial charge on any atom is 0.151 e. The van der Waals surface area contributed by atoms with Gasteiger partial charge >= 0.3 is 0 Å². The van der Waals surface area contributed by atoms with Gasteiger partial charge in [0.1, 0.15) is 11.9 Å². The number of aromatic nitrogens is 4. The summed E-state index contributed by atoms with van der Waals surface area (Å²) in [6.45, 7) is 0.849. The van der Waals surface area contributed by atoms with E-state index in [-0.39, 0.29) is 17.8 Å². The maximum absolute atomic E-state index is 14.6. The van der Waals surface area contributed by atoms with Gasteiger partial charge in [-0.1, -0.05) is 0 Å². The van der Waals surface area contributed by atoms with Gasteiger partial charge in [0.15, 0.2) is 5.82 Å². The van der Waals surface area contributed by atoms with Gasteiger partial charge in [-0.2, -0.15) is 5.10 Å². The highest BCUT2D eigenvalue weighted by molar-refractivity contribution is 5.69. The number of benzene rings is 1. The van der Waals surface area contributed by atoms with Gasteiger partial charge in [-0.15, -0.1) is 10.2 Å². The highest BCUT2D eigenvalue weighted by atomic mass is 19.1. The Hall–Kier alpha value is -3.00. The van der Waals surface area contributed by atoms with Crippen molar-refractivity contribution in [1.29, 1.82) is 0 Å². The van der Waals surface area contributed by atoms with Crippen LogP contribution in [-0.4, -0.2) is 56.9 Å². The van der Waals surface area contributed by atoms with Crippen LogP contribution in [0.5, 0.6) is 5.75 Å². The number of rotatable bonds is 4. The fourth-order valence-corrected chi connectivity index (χ4v) is 4.44. The lowest BCUT2D eigenvalue weighted by atomic mass is 10.0. The number of hydrogen-bond acceptors (Lipinski definition) is 6. The Labute approximate surface area is 161 Å². The minimum atomic E-state index is -0.899. The van der Waals surface area contributed by atoms with Gasteiger partial charge in [0.25, 0.3) is 0 Å². The van der Waals surface area contributed by atoms with E-state index in [9.17, 15) is 9.50 Å². The zero-order valence-electron chi connectivity index (χ0n) is 15.4. The van der Waals surface area contributed by atoms with E-state index in [1.54, 1.807) is 29.1 Å². The van der Waals surface area contributed by atoms with Crippen LogP contribution in [0.1, 0.15) is 6.42 Å². The SMILES string of the molecule is CN(c1ccc(-c2ccc(-n3cccn3)cc2O)nn1)[C@H]1C2CNC(C2)[C@H]1F. The lowest BCUT2D eigenvalue weighted by Crippen LogP contribution is -2.51. The van der Waals surface area contributed by atoms with E-state index in [1.807, 2.05) is 36.3 Å². The van der Waals surface area contributed by atoms with Crippen molar-refractivity contribution in [3.8, 4) is 22.7 Å². The van der Waals surface area contributed by atoms with Crippen LogP contribution >= 0.6 is 0 Å². The molecule has 2 aromatic heterocycles. The third kappa shape index (κ3) is 2.72. The fourth-order valence-electron chi connectivity index (χ4n) is 4.44. The first-order chi connectivity index (χ1) is 13.6. The smallest absolute Gasteiger partial charge is 0.151 e. The van der Waals surface area contributed by atoms with Crippen molar-refractivity contribution in [2.24, 2.45) is 5.92 Å².